The lowest BCUT2D eigenvalue weighted by atomic mass is 9.94. The summed E-state index contributed by atoms with van der Waals surface area (Å²) in [6, 6.07) is 0.852. The van der Waals surface area contributed by atoms with Crippen LogP contribution in [0.15, 0.2) is 0 Å². The first-order chi connectivity index (χ1) is 5.46. The average Bonchev–Trinajstić information content (AvgIpc) is 2.40. The van der Waals surface area contributed by atoms with Crippen LogP contribution in [0.4, 0.5) is 0 Å². The van der Waals surface area contributed by atoms with Gasteiger partial charge >= 0.3 is 0 Å². The van der Waals surface area contributed by atoms with Crippen LogP contribution in [0.25, 0.3) is 0 Å². The van der Waals surface area contributed by atoms with E-state index in [1.807, 2.05) is 0 Å². The molecule has 1 aliphatic carbocycles. The molecule has 12 heavy (non-hydrogen) atoms. The molecule has 1 heteroatoms. The van der Waals surface area contributed by atoms with Gasteiger partial charge in [0.25, 0.3) is 0 Å². The summed E-state index contributed by atoms with van der Waals surface area (Å²) in [5, 5.41) is 0. The van der Waals surface area contributed by atoms with Crippen molar-refractivity contribution in [1.82, 2.24) is 4.90 Å². The Kier molecular flexibility index (Phi) is 1.61. The minimum Gasteiger partial charge on any atom is -0.303 e. The summed E-state index contributed by atoms with van der Waals surface area (Å²) in [5.74, 6) is 2.81. The first-order valence-electron chi connectivity index (χ1n) is 5.16. The fourth-order valence-corrected chi connectivity index (χ4v) is 3.44. The zero-order chi connectivity index (χ0) is 9.09. The first kappa shape index (κ1) is 8.55. The van der Waals surface area contributed by atoms with Gasteiger partial charge in [0.1, 0.15) is 0 Å². The Labute approximate surface area is 76.1 Å². The molecule has 1 saturated heterocycles. The Balaban J connectivity index is 2.13. The highest BCUT2D eigenvalue weighted by atomic mass is 15.2. The van der Waals surface area contributed by atoms with E-state index in [0.29, 0.717) is 5.41 Å². The maximum absolute atomic E-state index is 2.56. The fourth-order valence-electron chi connectivity index (χ4n) is 3.44. The third-order valence-electron chi connectivity index (χ3n) is 4.18. The standard InChI is InChI=1S/C11H21N/c1-7(2)10-9-8(6-12(10)5)11(9,3)4/h7-10H,6H2,1-5H3. The summed E-state index contributed by atoms with van der Waals surface area (Å²) < 4.78 is 0. The van der Waals surface area contributed by atoms with Crippen molar-refractivity contribution in [2.45, 2.75) is 33.7 Å². The van der Waals surface area contributed by atoms with Crippen LogP contribution in [-0.4, -0.2) is 24.5 Å². The molecule has 0 aromatic heterocycles. The molecule has 0 N–H and O–H groups in total. The summed E-state index contributed by atoms with van der Waals surface area (Å²) in [4.78, 5) is 2.56. The molecule has 0 aromatic rings. The number of piperidine rings is 1. The van der Waals surface area contributed by atoms with Crippen LogP contribution < -0.4 is 0 Å². The molecule has 3 unspecified atom stereocenters. The van der Waals surface area contributed by atoms with Crippen LogP contribution in [0, 0.1) is 23.2 Å². The SMILES string of the molecule is CC(C)C1C2C(CN1C)C2(C)C. The molecule has 0 aromatic carbocycles. The Morgan fingerprint density at radius 3 is 2.25 bits per heavy atom. The lowest BCUT2D eigenvalue weighted by Gasteiger charge is -2.30. The van der Waals surface area contributed by atoms with Crippen molar-refractivity contribution in [3.05, 3.63) is 0 Å². The molecule has 1 heterocycles. The highest BCUT2D eigenvalue weighted by molar-refractivity contribution is 5.16. The van der Waals surface area contributed by atoms with Gasteiger partial charge in [0.15, 0.2) is 0 Å². The lowest BCUT2D eigenvalue weighted by Crippen LogP contribution is -2.36. The van der Waals surface area contributed by atoms with Crippen molar-refractivity contribution in [2.24, 2.45) is 23.2 Å². The van der Waals surface area contributed by atoms with Gasteiger partial charge in [0, 0.05) is 12.6 Å². The number of hydrogen-bond donors (Lipinski definition) is 0. The number of likely N-dealkylation sites (tertiary alicyclic amines) is 1. The van der Waals surface area contributed by atoms with Gasteiger partial charge in [-0.2, -0.15) is 0 Å². The zero-order valence-corrected chi connectivity index (χ0v) is 8.96. The van der Waals surface area contributed by atoms with E-state index in [0.717, 1.165) is 23.8 Å². The Morgan fingerprint density at radius 1 is 1.33 bits per heavy atom. The van der Waals surface area contributed by atoms with E-state index in [1.54, 1.807) is 0 Å². The molecule has 1 saturated carbocycles. The summed E-state index contributed by atoms with van der Waals surface area (Å²) >= 11 is 0. The molecule has 3 atom stereocenters. The average molecular weight is 167 g/mol. The van der Waals surface area contributed by atoms with Gasteiger partial charge in [-0.3, -0.25) is 0 Å². The fraction of sp³-hybridized carbons (Fsp3) is 1.00. The van der Waals surface area contributed by atoms with Gasteiger partial charge in [0.05, 0.1) is 0 Å². The minimum absolute atomic E-state index is 0.654. The van der Waals surface area contributed by atoms with E-state index < -0.39 is 0 Å². The largest absolute Gasteiger partial charge is 0.303 e. The minimum atomic E-state index is 0.654. The van der Waals surface area contributed by atoms with Crippen molar-refractivity contribution in [1.29, 1.82) is 0 Å². The zero-order valence-electron chi connectivity index (χ0n) is 8.96. The number of rotatable bonds is 1. The van der Waals surface area contributed by atoms with Gasteiger partial charge in [-0.25, -0.2) is 0 Å². The third kappa shape index (κ3) is 0.891. The normalized spacial score (nSPS) is 45.0. The highest BCUT2D eigenvalue weighted by Crippen LogP contribution is 2.65. The molecular weight excluding hydrogens is 146 g/mol. The monoisotopic (exact) mass is 167 g/mol. The molecule has 2 fully saturated rings. The van der Waals surface area contributed by atoms with Crippen LogP contribution in [0.2, 0.25) is 0 Å². The summed E-state index contributed by atoms with van der Waals surface area (Å²) in [7, 11) is 2.28. The number of hydrogen-bond acceptors (Lipinski definition) is 1. The molecule has 1 aliphatic heterocycles. The first-order valence-corrected chi connectivity index (χ1v) is 5.16. The van der Waals surface area contributed by atoms with Crippen LogP contribution in [0.3, 0.4) is 0 Å². The molecule has 2 rings (SSSR count). The molecule has 2 aliphatic rings. The smallest absolute Gasteiger partial charge is 0.0152 e. The van der Waals surface area contributed by atoms with E-state index in [9.17, 15) is 0 Å². The van der Waals surface area contributed by atoms with Crippen LogP contribution in [0.5, 0.6) is 0 Å². The number of nitrogens with zero attached hydrogens (tertiary/aromatic N) is 1. The predicted molar refractivity (Wildman–Crippen MR) is 52.0 cm³/mol. The van der Waals surface area contributed by atoms with Crippen LogP contribution >= 0.6 is 0 Å². The Bertz CT molecular complexity index is 195. The van der Waals surface area contributed by atoms with Crippen molar-refractivity contribution in [2.75, 3.05) is 13.6 Å². The summed E-state index contributed by atoms with van der Waals surface area (Å²) in [5.41, 5.74) is 0.654. The van der Waals surface area contributed by atoms with Gasteiger partial charge in [-0.05, 0) is 30.2 Å². The molecule has 70 valence electrons. The maximum Gasteiger partial charge on any atom is 0.0152 e. The molecule has 0 spiro atoms. The van der Waals surface area contributed by atoms with E-state index >= 15 is 0 Å². The van der Waals surface area contributed by atoms with Gasteiger partial charge in [0.2, 0.25) is 0 Å². The third-order valence-corrected chi connectivity index (χ3v) is 4.18. The van der Waals surface area contributed by atoms with Gasteiger partial charge in [-0.15, -0.1) is 0 Å². The maximum atomic E-state index is 2.56. The summed E-state index contributed by atoms with van der Waals surface area (Å²) in [6.07, 6.45) is 0. The van der Waals surface area contributed by atoms with Crippen LogP contribution in [-0.2, 0) is 0 Å². The van der Waals surface area contributed by atoms with E-state index in [4.69, 9.17) is 0 Å². The molecular formula is C11H21N. The van der Waals surface area contributed by atoms with E-state index in [2.05, 4.69) is 39.6 Å². The lowest BCUT2D eigenvalue weighted by molar-refractivity contribution is 0.176. The second-order valence-corrected chi connectivity index (χ2v) is 5.63. The predicted octanol–water partition coefficient (Wildman–Crippen LogP) is 2.23. The molecule has 0 radical (unpaired) electrons. The topological polar surface area (TPSA) is 3.24 Å². The van der Waals surface area contributed by atoms with E-state index in [-0.39, 0.29) is 0 Å². The van der Waals surface area contributed by atoms with Crippen molar-refractivity contribution in [3.8, 4) is 0 Å². The molecule has 1 nitrogen and oxygen atoms in total. The molecule has 0 amide bonds. The second-order valence-electron chi connectivity index (χ2n) is 5.63. The van der Waals surface area contributed by atoms with Crippen LogP contribution in [0.1, 0.15) is 27.7 Å². The Hall–Kier alpha value is -0.0400. The van der Waals surface area contributed by atoms with Crippen molar-refractivity contribution < 1.29 is 0 Å². The summed E-state index contributed by atoms with van der Waals surface area (Å²) in [6.45, 7) is 10.9. The molecule has 0 bridgehead atoms. The van der Waals surface area contributed by atoms with Gasteiger partial charge < -0.3 is 4.90 Å². The Morgan fingerprint density at radius 2 is 1.92 bits per heavy atom. The van der Waals surface area contributed by atoms with E-state index in [1.165, 1.54) is 6.54 Å². The number of fused-ring (bicyclic) bond motifs is 1. The van der Waals surface area contributed by atoms with Crippen molar-refractivity contribution in [3.63, 3.8) is 0 Å². The van der Waals surface area contributed by atoms with Crippen molar-refractivity contribution >= 4 is 0 Å². The second kappa shape index (κ2) is 2.25. The van der Waals surface area contributed by atoms with Gasteiger partial charge in [-0.1, -0.05) is 27.7 Å². The highest BCUT2D eigenvalue weighted by Gasteiger charge is 2.66. The quantitative estimate of drug-likeness (QED) is 0.579.